The number of benzene rings is 2. The molecule has 1 N–H and O–H groups in total. The fourth-order valence-electron chi connectivity index (χ4n) is 4.17. The maximum Gasteiger partial charge on any atom is 0.259 e. The minimum atomic E-state index is -0.270. The van der Waals surface area contributed by atoms with Crippen LogP contribution in [0.2, 0.25) is 5.02 Å². The van der Waals surface area contributed by atoms with E-state index in [1.54, 1.807) is 24.2 Å². The van der Waals surface area contributed by atoms with E-state index >= 15 is 0 Å². The van der Waals surface area contributed by atoms with Crippen molar-refractivity contribution in [3.8, 4) is 17.0 Å². The van der Waals surface area contributed by atoms with Crippen LogP contribution in [-0.4, -0.2) is 32.9 Å². The molecule has 0 unspecified atom stereocenters. The molecule has 0 saturated heterocycles. The highest BCUT2D eigenvalue weighted by Gasteiger charge is 2.29. The van der Waals surface area contributed by atoms with Gasteiger partial charge < -0.3 is 14.6 Å². The number of amides is 1. The van der Waals surface area contributed by atoms with Gasteiger partial charge in [0, 0.05) is 28.4 Å². The van der Waals surface area contributed by atoms with Gasteiger partial charge in [0.05, 0.1) is 36.5 Å². The molecule has 180 valence electrons. The predicted octanol–water partition coefficient (Wildman–Crippen LogP) is 5.93. The maximum absolute atomic E-state index is 13.5. The highest BCUT2D eigenvalue weighted by molar-refractivity contribution is 6.30. The first kappa shape index (κ1) is 22.3. The number of aromatic nitrogens is 4. The van der Waals surface area contributed by atoms with E-state index in [-0.39, 0.29) is 5.91 Å². The molecular formula is C27H22ClN5O3. The summed E-state index contributed by atoms with van der Waals surface area (Å²) in [6, 6.07) is 16.9. The first-order chi connectivity index (χ1) is 17.6. The third kappa shape index (κ3) is 4.43. The van der Waals surface area contributed by atoms with Gasteiger partial charge in [-0.15, -0.1) is 0 Å². The molecule has 1 aliphatic carbocycles. The lowest BCUT2D eigenvalue weighted by atomic mass is 10.0. The Kier molecular flexibility index (Phi) is 5.65. The average molecular weight is 500 g/mol. The number of methoxy groups -OCH3 is 1. The minimum Gasteiger partial charge on any atom is -0.497 e. The summed E-state index contributed by atoms with van der Waals surface area (Å²) in [6.45, 7) is 0.561. The Labute approximate surface area is 211 Å². The SMILES string of the molecule is COc1ccc(-c2noc3nc(C4CC4)cc(C(=O)Nc4cnn(Cc5ccc(Cl)cc5)c4)c23)cc1. The Morgan fingerprint density at radius 1 is 1.17 bits per heavy atom. The number of carbonyl (C=O) groups excluding carboxylic acids is 1. The summed E-state index contributed by atoms with van der Waals surface area (Å²) in [5.74, 6) is 0.806. The summed E-state index contributed by atoms with van der Waals surface area (Å²) in [5.41, 5.74) is 4.69. The van der Waals surface area contributed by atoms with Gasteiger partial charge in [-0.25, -0.2) is 4.98 Å². The topological polar surface area (TPSA) is 95.1 Å². The molecule has 0 bridgehead atoms. The molecule has 36 heavy (non-hydrogen) atoms. The van der Waals surface area contributed by atoms with Gasteiger partial charge in [-0.3, -0.25) is 9.48 Å². The van der Waals surface area contributed by atoms with E-state index in [1.165, 1.54) is 0 Å². The standard InChI is InChI=1S/C27H22ClN5O3/c1-35-21-10-6-18(7-11-21)25-24-22(12-23(17-4-5-17)31-27(24)36-32-25)26(34)30-20-13-29-33(15-20)14-16-2-8-19(28)9-3-16/h2-3,6-13,15,17H,4-5,14H2,1H3,(H,30,34). The molecule has 1 fully saturated rings. The highest BCUT2D eigenvalue weighted by Crippen LogP contribution is 2.41. The molecule has 1 saturated carbocycles. The number of carbonyl (C=O) groups is 1. The highest BCUT2D eigenvalue weighted by atomic mass is 35.5. The summed E-state index contributed by atoms with van der Waals surface area (Å²) in [7, 11) is 1.61. The quantitative estimate of drug-likeness (QED) is 0.298. The van der Waals surface area contributed by atoms with Crippen molar-refractivity contribution in [2.24, 2.45) is 0 Å². The van der Waals surface area contributed by atoms with Crippen molar-refractivity contribution >= 4 is 34.3 Å². The number of nitrogens with zero attached hydrogens (tertiary/aromatic N) is 4. The number of fused-ring (bicyclic) bond motifs is 1. The zero-order valence-electron chi connectivity index (χ0n) is 19.4. The first-order valence-corrected chi connectivity index (χ1v) is 12.0. The van der Waals surface area contributed by atoms with E-state index in [0.29, 0.717) is 45.5 Å². The van der Waals surface area contributed by atoms with Crippen LogP contribution in [0.25, 0.3) is 22.4 Å². The van der Waals surface area contributed by atoms with Crippen molar-refractivity contribution in [3.05, 3.63) is 88.8 Å². The monoisotopic (exact) mass is 499 g/mol. The van der Waals surface area contributed by atoms with Gasteiger partial charge in [0.15, 0.2) is 0 Å². The van der Waals surface area contributed by atoms with E-state index in [2.05, 4.69) is 20.6 Å². The molecule has 1 amide bonds. The van der Waals surface area contributed by atoms with Gasteiger partial charge in [0.1, 0.15) is 11.4 Å². The molecule has 1 aliphatic rings. The van der Waals surface area contributed by atoms with Crippen LogP contribution < -0.4 is 10.1 Å². The van der Waals surface area contributed by atoms with Crippen LogP contribution in [0.15, 0.2) is 71.5 Å². The zero-order valence-corrected chi connectivity index (χ0v) is 20.2. The molecule has 0 radical (unpaired) electrons. The molecule has 3 heterocycles. The van der Waals surface area contributed by atoms with Crippen LogP contribution in [0.1, 0.15) is 40.4 Å². The third-order valence-electron chi connectivity index (χ3n) is 6.22. The predicted molar refractivity (Wildman–Crippen MR) is 137 cm³/mol. The molecule has 5 aromatic rings. The Hall–Kier alpha value is -4.17. The average Bonchev–Trinajstić information content (AvgIpc) is 3.52. The lowest BCUT2D eigenvalue weighted by molar-refractivity contribution is 0.102. The maximum atomic E-state index is 13.5. The zero-order chi connectivity index (χ0) is 24.6. The van der Waals surface area contributed by atoms with Gasteiger partial charge in [-0.2, -0.15) is 5.10 Å². The van der Waals surface area contributed by atoms with Crippen LogP contribution >= 0.6 is 11.6 Å². The van der Waals surface area contributed by atoms with Crippen LogP contribution in [0, 0.1) is 0 Å². The molecule has 0 spiro atoms. The molecule has 2 aromatic carbocycles. The van der Waals surface area contributed by atoms with E-state index in [0.717, 1.165) is 35.4 Å². The molecule has 6 rings (SSSR count). The second-order valence-electron chi connectivity index (χ2n) is 8.82. The van der Waals surface area contributed by atoms with Gasteiger partial charge >= 0.3 is 0 Å². The molecule has 9 heteroatoms. The molecule has 0 aliphatic heterocycles. The molecule has 0 atom stereocenters. The van der Waals surface area contributed by atoms with Gasteiger partial charge in [0.25, 0.3) is 11.6 Å². The lowest BCUT2D eigenvalue weighted by Gasteiger charge is -2.08. The van der Waals surface area contributed by atoms with Gasteiger partial charge in [0.2, 0.25) is 0 Å². The molecule has 3 aromatic heterocycles. The van der Waals surface area contributed by atoms with E-state index in [1.807, 2.05) is 54.6 Å². The fraction of sp³-hybridized carbons (Fsp3) is 0.185. The number of halogens is 1. The minimum absolute atomic E-state index is 0.270. The number of hydrogen-bond donors (Lipinski definition) is 1. The number of ether oxygens (including phenoxy) is 1. The Morgan fingerprint density at radius 2 is 1.94 bits per heavy atom. The number of hydrogen-bond acceptors (Lipinski definition) is 6. The first-order valence-electron chi connectivity index (χ1n) is 11.6. The number of nitrogens with one attached hydrogen (secondary N) is 1. The van der Waals surface area contributed by atoms with Crippen molar-refractivity contribution in [3.63, 3.8) is 0 Å². The van der Waals surface area contributed by atoms with Crippen molar-refractivity contribution in [2.45, 2.75) is 25.3 Å². The van der Waals surface area contributed by atoms with Crippen LogP contribution in [-0.2, 0) is 6.54 Å². The summed E-state index contributed by atoms with van der Waals surface area (Å²) < 4.78 is 12.6. The third-order valence-corrected chi connectivity index (χ3v) is 6.47. The second-order valence-corrected chi connectivity index (χ2v) is 9.25. The Morgan fingerprint density at radius 3 is 2.67 bits per heavy atom. The molecule has 8 nitrogen and oxygen atoms in total. The lowest BCUT2D eigenvalue weighted by Crippen LogP contribution is -2.13. The smallest absolute Gasteiger partial charge is 0.259 e. The van der Waals surface area contributed by atoms with E-state index in [4.69, 9.17) is 20.9 Å². The number of rotatable bonds is 7. The summed E-state index contributed by atoms with van der Waals surface area (Å²) >= 11 is 5.97. The van der Waals surface area contributed by atoms with Gasteiger partial charge in [-0.1, -0.05) is 28.9 Å². The number of pyridine rings is 1. The fourth-order valence-corrected chi connectivity index (χ4v) is 4.30. The Bertz CT molecular complexity index is 1550. The normalized spacial score (nSPS) is 13.2. The van der Waals surface area contributed by atoms with Crippen molar-refractivity contribution in [2.75, 3.05) is 12.4 Å². The van der Waals surface area contributed by atoms with E-state index in [9.17, 15) is 4.79 Å². The Balaban J connectivity index is 1.32. The summed E-state index contributed by atoms with van der Waals surface area (Å²) in [6.07, 6.45) is 5.53. The van der Waals surface area contributed by atoms with Crippen LogP contribution in [0.5, 0.6) is 5.75 Å². The van der Waals surface area contributed by atoms with Crippen molar-refractivity contribution < 1.29 is 14.1 Å². The van der Waals surface area contributed by atoms with Crippen LogP contribution in [0.3, 0.4) is 0 Å². The van der Waals surface area contributed by atoms with Crippen LogP contribution in [0.4, 0.5) is 5.69 Å². The summed E-state index contributed by atoms with van der Waals surface area (Å²) in [4.78, 5) is 18.2. The van der Waals surface area contributed by atoms with Crippen molar-refractivity contribution in [1.29, 1.82) is 0 Å². The second kappa shape index (κ2) is 9.13. The van der Waals surface area contributed by atoms with Crippen molar-refractivity contribution in [1.82, 2.24) is 19.9 Å². The largest absolute Gasteiger partial charge is 0.497 e. The number of anilines is 1. The summed E-state index contributed by atoms with van der Waals surface area (Å²) in [5, 5.41) is 12.9. The molecular weight excluding hydrogens is 478 g/mol. The van der Waals surface area contributed by atoms with Gasteiger partial charge in [-0.05, 0) is 60.9 Å². The van der Waals surface area contributed by atoms with E-state index < -0.39 is 0 Å².